The first-order valence-corrected chi connectivity index (χ1v) is 14.9. The highest BCUT2D eigenvalue weighted by molar-refractivity contribution is 5.93. The van der Waals surface area contributed by atoms with Crippen molar-refractivity contribution >= 4 is 33.4 Å². The summed E-state index contributed by atoms with van der Waals surface area (Å²) in [6.45, 7) is 4.90. The molecule has 0 amide bonds. The summed E-state index contributed by atoms with van der Waals surface area (Å²) in [7, 11) is 6.39. The second-order valence-corrected chi connectivity index (χ2v) is 11.5. The van der Waals surface area contributed by atoms with Crippen LogP contribution in [0.4, 0.5) is 11.5 Å². The van der Waals surface area contributed by atoms with E-state index in [2.05, 4.69) is 93.9 Å². The van der Waals surface area contributed by atoms with Crippen LogP contribution in [-0.2, 0) is 24.0 Å². The molecule has 5 heterocycles. The number of hydrogen-bond acceptors (Lipinski definition) is 8. The Hall–Kier alpha value is -4.08. The van der Waals surface area contributed by atoms with Gasteiger partial charge in [-0.1, -0.05) is 19.1 Å². The van der Waals surface area contributed by atoms with Gasteiger partial charge >= 0.3 is 0 Å². The Morgan fingerprint density at radius 2 is 1.88 bits per heavy atom. The second kappa shape index (κ2) is 12.0. The number of aromatic nitrogens is 5. The van der Waals surface area contributed by atoms with Gasteiger partial charge in [0.2, 0.25) is 0 Å². The van der Waals surface area contributed by atoms with Crippen LogP contribution in [0, 0.1) is 0 Å². The molecule has 0 aliphatic carbocycles. The van der Waals surface area contributed by atoms with Gasteiger partial charge in [0.15, 0.2) is 0 Å². The molecule has 1 atom stereocenters. The lowest BCUT2D eigenvalue weighted by atomic mass is 10.0. The van der Waals surface area contributed by atoms with Crippen LogP contribution in [0.3, 0.4) is 0 Å². The molecule has 1 fully saturated rings. The number of hydrogen-bond donors (Lipinski definition) is 1. The molecule has 5 aromatic rings. The van der Waals surface area contributed by atoms with Gasteiger partial charge in [-0.05, 0) is 75.5 Å². The van der Waals surface area contributed by atoms with Crippen LogP contribution in [0.2, 0.25) is 0 Å². The standard InChI is InChI=1S/C33H40N8O/c1-5-24-17-29(40(4)13-12-39(2)3)26-11-10-22(16-28(26)38-24)8-9-23-15-25(19-35-18-23)41-20-27(30-7-6-14-42-30)31-32(34)36-21-37-33(31)41/h10-11,15-21,30H,5-9,12-14H2,1-4H3,(H2,34,36,37)/t30-/m0/s1. The maximum atomic E-state index is 6.32. The van der Waals surface area contributed by atoms with Crippen molar-refractivity contribution in [3.8, 4) is 5.69 Å². The largest absolute Gasteiger partial charge is 0.383 e. The highest BCUT2D eigenvalue weighted by Gasteiger charge is 2.25. The van der Waals surface area contributed by atoms with Gasteiger partial charge < -0.3 is 20.3 Å². The Kier molecular flexibility index (Phi) is 8.04. The highest BCUT2D eigenvalue weighted by Crippen LogP contribution is 2.37. The summed E-state index contributed by atoms with van der Waals surface area (Å²) in [6, 6.07) is 11.2. The van der Waals surface area contributed by atoms with Crippen LogP contribution in [-0.4, -0.2) is 70.2 Å². The monoisotopic (exact) mass is 564 g/mol. The van der Waals surface area contributed by atoms with Crippen LogP contribution in [0.1, 0.15) is 48.3 Å². The van der Waals surface area contributed by atoms with E-state index < -0.39 is 0 Å². The molecule has 9 nitrogen and oxygen atoms in total. The molecule has 0 bridgehead atoms. The first kappa shape index (κ1) is 28.1. The van der Waals surface area contributed by atoms with Gasteiger partial charge in [-0.2, -0.15) is 0 Å². The van der Waals surface area contributed by atoms with Gasteiger partial charge in [-0.3, -0.25) is 14.5 Å². The number of pyridine rings is 2. The molecule has 1 aliphatic heterocycles. The highest BCUT2D eigenvalue weighted by atomic mass is 16.5. The van der Waals surface area contributed by atoms with Crippen LogP contribution >= 0.6 is 0 Å². The zero-order valence-corrected chi connectivity index (χ0v) is 25.0. The van der Waals surface area contributed by atoms with E-state index in [0.717, 1.165) is 90.9 Å². The van der Waals surface area contributed by atoms with Crippen LogP contribution in [0.5, 0.6) is 0 Å². The van der Waals surface area contributed by atoms with Gasteiger partial charge in [-0.15, -0.1) is 0 Å². The number of nitrogens with two attached hydrogens (primary N) is 1. The quantitative estimate of drug-likeness (QED) is 0.249. The number of nitrogens with zero attached hydrogens (tertiary/aromatic N) is 7. The molecule has 1 aliphatic rings. The Labute approximate surface area is 247 Å². The summed E-state index contributed by atoms with van der Waals surface area (Å²) in [4.78, 5) is 23.0. The molecule has 0 unspecified atom stereocenters. The van der Waals surface area contributed by atoms with Crippen LogP contribution in [0.25, 0.3) is 27.6 Å². The molecule has 218 valence electrons. The number of aryl methyl sites for hydroxylation is 3. The summed E-state index contributed by atoms with van der Waals surface area (Å²) in [6.07, 6.45) is 12.1. The second-order valence-electron chi connectivity index (χ2n) is 11.5. The molecule has 4 aromatic heterocycles. The lowest BCUT2D eigenvalue weighted by Gasteiger charge is -2.24. The van der Waals surface area contributed by atoms with Crippen molar-refractivity contribution in [1.29, 1.82) is 0 Å². The summed E-state index contributed by atoms with van der Waals surface area (Å²) in [5.74, 6) is 0.483. The maximum absolute atomic E-state index is 6.32. The van der Waals surface area contributed by atoms with E-state index in [0.29, 0.717) is 5.82 Å². The third kappa shape index (κ3) is 5.67. The Morgan fingerprint density at radius 1 is 1.02 bits per heavy atom. The molecule has 0 radical (unpaired) electrons. The van der Waals surface area contributed by atoms with E-state index in [4.69, 9.17) is 15.5 Å². The lowest BCUT2D eigenvalue weighted by molar-refractivity contribution is 0.113. The van der Waals surface area contributed by atoms with E-state index in [1.165, 1.54) is 23.0 Å². The van der Waals surface area contributed by atoms with E-state index in [1.807, 2.05) is 12.4 Å². The van der Waals surface area contributed by atoms with E-state index in [-0.39, 0.29) is 6.10 Å². The molecule has 1 aromatic carbocycles. The summed E-state index contributed by atoms with van der Waals surface area (Å²) >= 11 is 0. The fraction of sp³-hybridized carbons (Fsp3) is 0.394. The predicted molar refractivity (Wildman–Crippen MR) is 169 cm³/mol. The average Bonchev–Trinajstić information content (AvgIpc) is 3.67. The van der Waals surface area contributed by atoms with Gasteiger partial charge in [-0.25, -0.2) is 9.97 Å². The van der Waals surface area contributed by atoms with Gasteiger partial charge in [0.05, 0.1) is 28.9 Å². The molecular weight excluding hydrogens is 524 g/mol. The molecule has 2 N–H and O–H groups in total. The lowest BCUT2D eigenvalue weighted by Crippen LogP contribution is -2.28. The van der Waals surface area contributed by atoms with Crippen molar-refractivity contribution in [2.45, 2.75) is 45.1 Å². The number of nitrogen functional groups attached to an aromatic ring is 1. The third-order valence-corrected chi connectivity index (χ3v) is 8.24. The zero-order valence-electron chi connectivity index (χ0n) is 25.0. The normalized spacial score (nSPS) is 15.3. The molecule has 1 saturated heterocycles. The van der Waals surface area contributed by atoms with Crippen molar-refractivity contribution in [3.63, 3.8) is 0 Å². The van der Waals surface area contributed by atoms with Crippen LogP contribution in [0.15, 0.2) is 55.2 Å². The van der Waals surface area contributed by atoms with Gasteiger partial charge in [0, 0.05) is 61.5 Å². The van der Waals surface area contributed by atoms with Crippen molar-refractivity contribution in [1.82, 2.24) is 29.4 Å². The average molecular weight is 565 g/mol. The first-order valence-electron chi connectivity index (χ1n) is 14.9. The number of rotatable bonds is 10. The van der Waals surface area contributed by atoms with Gasteiger partial charge in [0.25, 0.3) is 0 Å². The van der Waals surface area contributed by atoms with Crippen molar-refractivity contribution in [2.75, 3.05) is 51.5 Å². The first-order chi connectivity index (χ1) is 20.4. The Balaban J connectivity index is 1.26. The fourth-order valence-corrected chi connectivity index (χ4v) is 5.84. The number of benzene rings is 1. The Bertz CT molecular complexity index is 1710. The molecule has 6 rings (SSSR count). The smallest absolute Gasteiger partial charge is 0.150 e. The summed E-state index contributed by atoms with van der Waals surface area (Å²) in [5, 5.41) is 2.07. The van der Waals surface area contributed by atoms with Crippen molar-refractivity contribution < 1.29 is 4.74 Å². The van der Waals surface area contributed by atoms with E-state index >= 15 is 0 Å². The molecule has 42 heavy (non-hydrogen) atoms. The van der Waals surface area contributed by atoms with E-state index in [9.17, 15) is 0 Å². The van der Waals surface area contributed by atoms with Gasteiger partial charge in [0.1, 0.15) is 17.8 Å². The summed E-state index contributed by atoms with van der Waals surface area (Å²) in [5.41, 5.74) is 15.0. The minimum atomic E-state index is 0.0150. The Morgan fingerprint density at radius 3 is 2.67 bits per heavy atom. The minimum absolute atomic E-state index is 0.0150. The summed E-state index contributed by atoms with van der Waals surface area (Å²) < 4.78 is 8.07. The molecule has 9 heteroatoms. The SMILES string of the molecule is CCc1cc(N(C)CCN(C)C)c2ccc(CCc3cncc(-n4cc([C@@H]5CCCO5)c5c(N)ncnc54)c3)cc2n1. The molecule has 0 saturated carbocycles. The number of likely N-dealkylation sites (N-methyl/N-ethyl adjacent to an activating group) is 2. The van der Waals surface area contributed by atoms with Crippen LogP contribution < -0.4 is 10.6 Å². The van der Waals surface area contributed by atoms with Crippen molar-refractivity contribution in [2.24, 2.45) is 0 Å². The topological polar surface area (TPSA) is 98.2 Å². The molecular formula is C33H40N8O. The molecule has 0 spiro atoms. The minimum Gasteiger partial charge on any atom is -0.383 e. The maximum Gasteiger partial charge on any atom is 0.150 e. The third-order valence-electron chi connectivity index (χ3n) is 8.24. The zero-order chi connectivity index (χ0) is 29.2. The predicted octanol–water partition coefficient (Wildman–Crippen LogP) is 5.14. The number of ether oxygens (including phenoxy) is 1. The fourth-order valence-electron chi connectivity index (χ4n) is 5.84. The number of anilines is 2. The van der Waals surface area contributed by atoms with E-state index in [1.54, 1.807) is 0 Å². The van der Waals surface area contributed by atoms with Crippen molar-refractivity contribution in [3.05, 3.63) is 77.6 Å². The number of fused-ring (bicyclic) bond motifs is 2.